The minimum atomic E-state index is -0.563. The summed E-state index contributed by atoms with van der Waals surface area (Å²) in [7, 11) is 1.72. The average Bonchev–Trinajstić information content (AvgIpc) is 2.58. The quantitative estimate of drug-likeness (QED) is 0.629. The van der Waals surface area contributed by atoms with Crippen LogP contribution in [0.25, 0.3) is 0 Å². The Morgan fingerprint density at radius 1 is 1.08 bits per heavy atom. The SMILES string of the molecule is CSc1ccccc1NC(=O)C[NH+](C)CC(=O)Nc1cc(Cl)ccc1F. The van der Waals surface area contributed by atoms with Crippen molar-refractivity contribution in [2.75, 3.05) is 37.0 Å². The molecule has 0 aliphatic rings. The molecular formula is C18H20ClFN3O2S+. The second-order valence-electron chi connectivity index (χ2n) is 5.73. The van der Waals surface area contributed by atoms with Gasteiger partial charge in [0.25, 0.3) is 11.8 Å². The Morgan fingerprint density at radius 2 is 1.69 bits per heavy atom. The number of amides is 2. The van der Waals surface area contributed by atoms with Gasteiger partial charge in [0.05, 0.1) is 18.4 Å². The van der Waals surface area contributed by atoms with Crippen molar-refractivity contribution in [2.45, 2.75) is 4.90 Å². The Morgan fingerprint density at radius 3 is 2.35 bits per heavy atom. The highest BCUT2D eigenvalue weighted by Crippen LogP contribution is 2.24. The third-order valence-corrected chi connectivity index (χ3v) is 4.54. The molecular weight excluding hydrogens is 377 g/mol. The van der Waals surface area contributed by atoms with Crippen molar-refractivity contribution < 1.29 is 18.9 Å². The van der Waals surface area contributed by atoms with Crippen molar-refractivity contribution in [1.82, 2.24) is 0 Å². The molecule has 0 saturated heterocycles. The second-order valence-corrected chi connectivity index (χ2v) is 7.02. The largest absolute Gasteiger partial charge is 0.322 e. The Labute approximate surface area is 160 Å². The lowest BCUT2D eigenvalue weighted by Crippen LogP contribution is -3.11. The number of carbonyl (C=O) groups is 2. The van der Waals surface area contributed by atoms with Gasteiger partial charge in [-0.05, 0) is 36.6 Å². The number of nitrogens with one attached hydrogen (secondary N) is 3. The maximum atomic E-state index is 13.6. The summed E-state index contributed by atoms with van der Waals surface area (Å²) in [5.74, 6) is -1.17. The molecule has 8 heteroatoms. The van der Waals surface area contributed by atoms with E-state index in [4.69, 9.17) is 11.6 Å². The summed E-state index contributed by atoms with van der Waals surface area (Å²) in [5, 5.41) is 5.64. The van der Waals surface area contributed by atoms with Crippen molar-refractivity contribution in [2.24, 2.45) is 0 Å². The number of rotatable bonds is 7. The molecule has 0 aliphatic carbocycles. The van der Waals surface area contributed by atoms with E-state index in [2.05, 4.69) is 10.6 Å². The van der Waals surface area contributed by atoms with Crippen LogP contribution >= 0.6 is 23.4 Å². The zero-order valence-corrected chi connectivity index (χ0v) is 16.0. The van der Waals surface area contributed by atoms with Crippen LogP contribution in [-0.4, -0.2) is 38.2 Å². The van der Waals surface area contributed by atoms with Gasteiger partial charge in [0.1, 0.15) is 5.82 Å². The van der Waals surface area contributed by atoms with Gasteiger partial charge >= 0.3 is 0 Å². The van der Waals surface area contributed by atoms with E-state index in [-0.39, 0.29) is 24.7 Å². The van der Waals surface area contributed by atoms with Crippen LogP contribution in [0.3, 0.4) is 0 Å². The highest BCUT2D eigenvalue weighted by molar-refractivity contribution is 7.98. The first-order valence-corrected chi connectivity index (χ1v) is 9.48. The standard InChI is InChI=1S/C18H19ClFN3O2S/c1-23(10-17(24)21-14-5-3-4-6-16(14)26-2)11-18(25)22-15-9-12(19)7-8-13(15)20/h3-9H,10-11H2,1-2H3,(H,21,24)(H,22,25)/p+1. The Bertz CT molecular complexity index is 804. The van der Waals surface area contributed by atoms with Crippen LogP contribution in [0, 0.1) is 5.82 Å². The number of carbonyl (C=O) groups excluding carboxylic acids is 2. The summed E-state index contributed by atoms with van der Waals surface area (Å²) in [6.45, 7) is 0.123. The summed E-state index contributed by atoms with van der Waals surface area (Å²) in [5.41, 5.74) is 0.761. The number of thioether (sulfide) groups is 1. The molecule has 0 fully saturated rings. The fourth-order valence-corrected chi connectivity index (χ4v) is 3.07. The number of quaternary nitrogens is 1. The first kappa shape index (κ1) is 20.2. The number of benzene rings is 2. The van der Waals surface area contributed by atoms with Gasteiger partial charge in [-0.1, -0.05) is 23.7 Å². The van der Waals surface area contributed by atoms with Crippen LogP contribution in [0.1, 0.15) is 0 Å². The van der Waals surface area contributed by atoms with E-state index < -0.39 is 11.7 Å². The second kappa shape index (κ2) is 9.56. The van der Waals surface area contributed by atoms with Gasteiger partial charge in [-0.25, -0.2) is 4.39 Å². The van der Waals surface area contributed by atoms with E-state index in [0.717, 1.165) is 10.6 Å². The number of hydrogen-bond donors (Lipinski definition) is 3. The van der Waals surface area contributed by atoms with E-state index in [9.17, 15) is 14.0 Å². The minimum absolute atomic E-state index is 0.0174. The van der Waals surface area contributed by atoms with Gasteiger partial charge in [-0.2, -0.15) is 0 Å². The maximum absolute atomic E-state index is 13.6. The van der Waals surface area contributed by atoms with E-state index in [1.54, 1.807) is 7.05 Å². The highest BCUT2D eigenvalue weighted by atomic mass is 35.5. The summed E-state index contributed by atoms with van der Waals surface area (Å²) in [6, 6.07) is 11.4. The lowest BCUT2D eigenvalue weighted by molar-refractivity contribution is -0.862. The topological polar surface area (TPSA) is 62.6 Å². The molecule has 5 nitrogen and oxygen atoms in total. The van der Waals surface area contributed by atoms with Crippen molar-refractivity contribution in [1.29, 1.82) is 0 Å². The van der Waals surface area contributed by atoms with Gasteiger partial charge in [-0.15, -0.1) is 11.8 Å². The monoisotopic (exact) mass is 396 g/mol. The third-order valence-electron chi connectivity index (χ3n) is 3.51. The molecule has 2 aromatic carbocycles. The predicted molar refractivity (Wildman–Crippen MR) is 104 cm³/mol. The van der Waals surface area contributed by atoms with Crippen molar-refractivity contribution >= 4 is 46.6 Å². The summed E-state index contributed by atoms with van der Waals surface area (Å²) >= 11 is 7.34. The minimum Gasteiger partial charge on any atom is -0.322 e. The zero-order chi connectivity index (χ0) is 19.1. The van der Waals surface area contributed by atoms with Gasteiger partial charge in [0.15, 0.2) is 13.1 Å². The number of hydrogen-bond acceptors (Lipinski definition) is 3. The van der Waals surface area contributed by atoms with E-state index in [0.29, 0.717) is 9.92 Å². The highest BCUT2D eigenvalue weighted by Gasteiger charge is 2.16. The molecule has 0 bridgehead atoms. The number of halogens is 2. The molecule has 2 amide bonds. The normalized spacial score (nSPS) is 11.7. The molecule has 0 aromatic heterocycles. The molecule has 0 aliphatic heterocycles. The average molecular weight is 397 g/mol. The van der Waals surface area contributed by atoms with Gasteiger partial charge < -0.3 is 15.5 Å². The molecule has 0 radical (unpaired) electrons. The van der Waals surface area contributed by atoms with Crippen molar-refractivity contribution in [3.8, 4) is 0 Å². The molecule has 0 heterocycles. The van der Waals surface area contributed by atoms with Gasteiger partial charge in [-0.3, -0.25) is 9.59 Å². The first-order chi connectivity index (χ1) is 12.4. The molecule has 0 saturated carbocycles. The molecule has 0 spiro atoms. The lowest BCUT2D eigenvalue weighted by atomic mass is 10.3. The first-order valence-electron chi connectivity index (χ1n) is 7.88. The van der Waals surface area contributed by atoms with E-state index >= 15 is 0 Å². The number of likely N-dealkylation sites (N-methyl/N-ethyl adjacent to an activating group) is 1. The summed E-state index contributed by atoms with van der Waals surface area (Å²) < 4.78 is 13.6. The lowest BCUT2D eigenvalue weighted by Gasteiger charge is -2.15. The molecule has 1 unspecified atom stereocenters. The van der Waals surface area contributed by atoms with Crippen LogP contribution in [0.4, 0.5) is 15.8 Å². The number of anilines is 2. The van der Waals surface area contributed by atoms with Crippen LogP contribution in [0.5, 0.6) is 0 Å². The van der Waals surface area contributed by atoms with Crippen molar-refractivity contribution in [3.63, 3.8) is 0 Å². The molecule has 2 aromatic rings. The van der Waals surface area contributed by atoms with Crippen LogP contribution < -0.4 is 15.5 Å². The fourth-order valence-electron chi connectivity index (χ4n) is 2.34. The predicted octanol–water partition coefficient (Wildman–Crippen LogP) is 2.29. The van der Waals surface area contributed by atoms with Gasteiger partial charge in [0, 0.05) is 9.92 Å². The maximum Gasteiger partial charge on any atom is 0.279 e. The van der Waals surface area contributed by atoms with E-state index in [1.165, 1.54) is 30.0 Å². The Kier molecular flexibility index (Phi) is 7.44. The Hall–Kier alpha value is -2.09. The van der Waals surface area contributed by atoms with Crippen LogP contribution in [0.15, 0.2) is 47.4 Å². The molecule has 138 valence electrons. The van der Waals surface area contributed by atoms with E-state index in [1.807, 2.05) is 30.5 Å². The summed E-state index contributed by atoms with van der Waals surface area (Å²) in [4.78, 5) is 25.9. The zero-order valence-electron chi connectivity index (χ0n) is 14.4. The molecule has 1 atom stereocenters. The summed E-state index contributed by atoms with van der Waals surface area (Å²) in [6.07, 6.45) is 1.93. The number of para-hydroxylation sites is 1. The fraction of sp³-hybridized carbons (Fsp3) is 0.222. The molecule has 26 heavy (non-hydrogen) atoms. The Balaban J connectivity index is 1.87. The molecule has 3 N–H and O–H groups in total. The van der Waals surface area contributed by atoms with Gasteiger partial charge in [0.2, 0.25) is 0 Å². The third kappa shape index (κ3) is 6.01. The van der Waals surface area contributed by atoms with Crippen LogP contribution in [-0.2, 0) is 9.59 Å². The van der Waals surface area contributed by atoms with Crippen molar-refractivity contribution in [3.05, 3.63) is 53.3 Å². The smallest absolute Gasteiger partial charge is 0.279 e. The molecule has 2 rings (SSSR count). The van der Waals surface area contributed by atoms with Crippen LogP contribution in [0.2, 0.25) is 5.02 Å².